The first-order chi connectivity index (χ1) is 34.9. The maximum atomic E-state index is 15.5. The van der Waals surface area contributed by atoms with Gasteiger partial charge < -0.3 is 28.8 Å². The van der Waals surface area contributed by atoms with E-state index in [0.29, 0.717) is 38.5 Å². The highest BCUT2D eigenvalue weighted by atomic mass is 16.6. The lowest BCUT2D eigenvalue weighted by Gasteiger charge is -2.21. The molecule has 1 heterocycles. The maximum Gasteiger partial charge on any atom is 0.311 e. The third kappa shape index (κ3) is 21.2. The Morgan fingerprint density at radius 2 is 0.764 bits per heavy atom. The summed E-state index contributed by atoms with van der Waals surface area (Å²) in [6.45, 7) is 10.6. The van der Waals surface area contributed by atoms with Crippen molar-refractivity contribution < 1.29 is 52.8 Å². The molecule has 0 fully saturated rings. The highest BCUT2D eigenvalue weighted by Gasteiger charge is 2.36. The van der Waals surface area contributed by atoms with Crippen LogP contribution in [0.2, 0.25) is 0 Å². The second-order valence-electron chi connectivity index (χ2n) is 19.8. The largest absolute Gasteiger partial charge is 0.504 e. The number of ketones is 2. The fraction of sp³-hybridized carbons (Fsp3) is 0.667. The van der Waals surface area contributed by atoms with E-state index in [1.54, 1.807) is 0 Å². The zero-order valence-corrected chi connectivity index (χ0v) is 45.0. The Kier molecular flexibility index (Phi) is 30.7. The van der Waals surface area contributed by atoms with Crippen molar-refractivity contribution in [3.8, 4) is 40.1 Å². The van der Waals surface area contributed by atoms with E-state index in [2.05, 4.69) is 34.6 Å². The van der Waals surface area contributed by atoms with E-state index in [0.717, 1.165) is 160 Å². The molecular formula is C60H90O12. The number of benzene rings is 2. The number of carbonyl (C=O) groups is 5. The summed E-state index contributed by atoms with van der Waals surface area (Å²) in [6.07, 6.45) is 25.9. The predicted octanol–water partition coefficient (Wildman–Crippen LogP) is 16.7. The third-order valence-electron chi connectivity index (χ3n) is 13.4. The second kappa shape index (κ2) is 36.0. The van der Waals surface area contributed by atoms with Gasteiger partial charge in [0.1, 0.15) is 16.5 Å². The minimum absolute atomic E-state index is 0.00690. The Morgan fingerprint density at radius 3 is 1.17 bits per heavy atom. The number of esters is 3. The Morgan fingerprint density at radius 1 is 0.417 bits per heavy atom. The first kappa shape index (κ1) is 61.3. The Labute approximate surface area is 430 Å². The predicted molar refractivity (Wildman–Crippen MR) is 287 cm³/mol. The number of fused-ring (bicyclic) bond motifs is 1. The molecule has 1 aromatic heterocycles. The highest BCUT2D eigenvalue weighted by molar-refractivity contribution is 6.17. The molecule has 2 aromatic carbocycles. The molecule has 402 valence electrons. The number of ether oxygens (including phenoxy) is 3. The van der Waals surface area contributed by atoms with Gasteiger partial charge in [0.2, 0.25) is 11.2 Å². The maximum absolute atomic E-state index is 15.5. The number of hydrogen-bond acceptors (Lipinski definition) is 12. The summed E-state index contributed by atoms with van der Waals surface area (Å²) in [5.74, 6) is -6.31. The Balaban J connectivity index is 2.47. The van der Waals surface area contributed by atoms with Gasteiger partial charge in [-0.1, -0.05) is 195 Å². The zero-order valence-electron chi connectivity index (χ0n) is 45.0. The van der Waals surface area contributed by atoms with Crippen molar-refractivity contribution in [3.05, 3.63) is 39.5 Å². The average Bonchev–Trinajstić information content (AvgIpc) is 3.35. The molecule has 0 atom stereocenters. The average molecular weight is 1000 g/mol. The number of aromatic hydroxyl groups is 2. The standard InChI is InChI=1S/C60H90O12/c1-6-11-16-21-26-31-36-46(62)52-57(69-49(65)38-33-28-23-18-13-8-3)53(47(63)37-32-27-22-17-12-7-2)59-54(58(52)70-50(66)39-34-29-24-19-14-9-4)55(68)60(71-51(67)40-35-30-25-20-15-10-5)56(72-59)44-41-42-45(61)48(64)43-44/h41-43,61,64H,6-40H2,1-5H3. The molecule has 0 saturated heterocycles. The summed E-state index contributed by atoms with van der Waals surface area (Å²) in [5.41, 5.74) is -2.13. The SMILES string of the molecule is CCCCCCCCC(=O)Oc1c(C(=O)CCCCCCCC)c(OC(=O)CCCCCCCC)c2c(=O)c(OC(=O)CCCCCCCC)c(-c3ccc(O)c(O)c3)oc2c1C(=O)CCCCCCCC. The number of Topliss-reactive ketones (excluding diaryl/α,β-unsaturated/α-hetero) is 2. The van der Waals surface area contributed by atoms with E-state index in [4.69, 9.17) is 18.6 Å². The van der Waals surface area contributed by atoms with E-state index in [1.165, 1.54) is 12.1 Å². The summed E-state index contributed by atoms with van der Waals surface area (Å²) in [7, 11) is 0. The van der Waals surface area contributed by atoms with Crippen LogP contribution in [0.1, 0.15) is 280 Å². The van der Waals surface area contributed by atoms with Crippen LogP contribution in [0.3, 0.4) is 0 Å². The van der Waals surface area contributed by atoms with Gasteiger partial charge in [-0.25, -0.2) is 0 Å². The van der Waals surface area contributed by atoms with Gasteiger partial charge in [-0.05, 0) is 50.3 Å². The van der Waals surface area contributed by atoms with E-state index in [1.807, 2.05) is 0 Å². The van der Waals surface area contributed by atoms with Crippen molar-refractivity contribution in [2.45, 2.75) is 259 Å². The summed E-state index contributed by atoms with van der Waals surface area (Å²) in [6, 6.07) is 3.66. The molecule has 0 bridgehead atoms. The lowest BCUT2D eigenvalue weighted by Crippen LogP contribution is -2.22. The number of unbranched alkanes of at least 4 members (excludes halogenated alkanes) is 25. The van der Waals surface area contributed by atoms with Crippen LogP contribution in [0.25, 0.3) is 22.3 Å². The minimum Gasteiger partial charge on any atom is -0.504 e. The molecule has 0 aliphatic carbocycles. The summed E-state index contributed by atoms with van der Waals surface area (Å²) >= 11 is 0. The fourth-order valence-corrected chi connectivity index (χ4v) is 9.04. The van der Waals surface area contributed by atoms with Crippen molar-refractivity contribution in [3.63, 3.8) is 0 Å². The normalized spacial score (nSPS) is 11.3. The molecule has 72 heavy (non-hydrogen) atoms. The van der Waals surface area contributed by atoms with Crippen LogP contribution in [0.4, 0.5) is 0 Å². The second-order valence-corrected chi connectivity index (χ2v) is 19.8. The number of rotatable bonds is 41. The van der Waals surface area contributed by atoms with Crippen LogP contribution < -0.4 is 19.6 Å². The summed E-state index contributed by atoms with van der Waals surface area (Å²) in [4.78, 5) is 87.5. The van der Waals surface area contributed by atoms with Gasteiger partial charge in [0.05, 0.1) is 0 Å². The monoisotopic (exact) mass is 1000 g/mol. The van der Waals surface area contributed by atoms with Crippen LogP contribution in [-0.2, 0) is 14.4 Å². The molecular weight excluding hydrogens is 913 g/mol. The van der Waals surface area contributed by atoms with Crippen molar-refractivity contribution in [1.82, 2.24) is 0 Å². The smallest absolute Gasteiger partial charge is 0.311 e. The van der Waals surface area contributed by atoms with Crippen molar-refractivity contribution in [2.75, 3.05) is 0 Å². The Hall–Kier alpha value is -5.00. The molecule has 2 N–H and O–H groups in total. The molecule has 0 amide bonds. The molecule has 0 spiro atoms. The summed E-state index contributed by atoms with van der Waals surface area (Å²) < 4.78 is 25.0. The lowest BCUT2D eigenvalue weighted by atomic mass is 9.92. The van der Waals surface area contributed by atoms with Gasteiger partial charge >= 0.3 is 17.9 Å². The van der Waals surface area contributed by atoms with Gasteiger partial charge in [-0.3, -0.25) is 28.8 Å². The van der Waals surface area contributed by atoms with Crippen LogP contribution >= 0.6 is 0 Å². The van der Waals surface area contributed by atoms with E-state index < -0.39 is 74.6 Å². The summed E-state index contributed by atoms with van der Waals surface area (Å²) in [5, 5.41) is 20.6. The van der Waals surface area contributed by atoms with E-state index >= 15 is 14.4 Å². The van der Waals surface area contributed by atoms with Gasteiger partial charge in [-0.2, -0.15) is 0 Å². The van der Waals surface area contributed by atoms with Gasteiger partial charge in [0.15, 0.2) is 45.9 Å². The van der Waals surface area contributed by atoms with Gasteiger partial charge in [-0.15, -0.1) is 0 Å². The van der Waals surface area contributed by atoms with Crippen LogP contribution in [0, 0.1) is 0 Å². The molecule has 3 aromatic rings. The van der Waals surface area contributed by atoms with Gasteiger partial charge in [0, 0.05) is 37.7 Å². The molecule has 12 heteroatoms. The molecule has 0 aliphatic rings. The van der Waals surface area contributed by atoms with E-state index in [9.17, 15) is 24.6 Å². The molecule has 0 saturated carbocycles. The van der Waals surface area contributed by atoms with Crippen molar-refractivity contribution >= 4 is 40.4 Å². The fourth-order valence-electron chi connectivity index (χ4n) is 9.04. The van der Waals surface area contributed by atoms with Gasteiger partial charge in [0.25, 0.3) is 0 Å². The first-order valence-corrected chi connectivity index (χ1v) is 28.3. The van der Waals surface area contributed by atoms with Crippen molar-refractivity contribution in [2.24, 2.45) is 0 Å². The zero-order chi connectivity index (χ0) is 52.5. The van der Waals surface area contributed by atoms with Crippen LogP contribution in [0.5, 0.6) is 28.7 Å². The van der Waals surface area contributed by atoms with Crippen LogP contribution in [-0.4, -0.2) is 39.7 Å². The molecule has 3 rings (SSSR count). The minimum atomic E-state index is -1.01. The molecule has 0 radical (unpaired) electrons. The molecule has 12 nitrogen and oxygen atoms in total. The van der Waals surface area contributed by atoms with Crippen LogP contribution in [0.15, 0.2) is 27.4 Å². The molecule has 0 unspecified atom stereocenters. The topological polar surface area (TPSA) is 184 Å². The number of hydrogen-bond donors (Lipinski definition) is 2. The molecule has 0 aliphatic heterocycles. The highest BCUT2D eigenvalue weighted by Crippen LogP contribution is 2.46. The van der Waals surface area contributed by atoms with E-state index in [-0.39, 0.29) is 54.6 Å². The van der Waals surface area contributed by atoms with Crippen molar-refractivity contribution in [1.29, 1.82) is 0 Å². The number of phenols is 2. The number of carbonyl (C=O) groups excluding carboxylic acids is 5. The third-order valence-corrected chi connectivity index (χ3v) is 13.4. The lowest BCUT2D eigenvalue weighted by molar-refractivity contribution is -0.135. The quantitative estimate of drug-likeness (QED) is 0.0181. The number of phenolic OH excluding ortho intramolecular Hbond substituents is 2. The Bertz CT molecular complexity index is 2190. The first-order valence-electron chi connectivity index (χ1n) is 28.3.